The van der Waals surface area contributed by atoms with E-state index in [-0.39, 0.29) is 4.90 Å². The first-order chi connectivity index (χ1) is 12.0. The fourth-order valence-corrected chi connectivity index (χ4v) is 3.95. The predicted octanol–water partition coefficient (Wildman–Crippen LogP) is 3.36. The minimum absolute atomic E-state index is 0.123. The number of hydrogen-bond donors (Lipinski definition) is 1. The highest BCUT2D eigenvalue weighted by atomic mass is 32.2. The topological polar surface area (TPSA) is 77.5 Å². The van der Waals surface area contributed by atoms with Crippen LogP contribution in [0.2, 0.25) is 0 Å². The van der Waals surface area contributed by atoms with E-state index in [1.165, 1.54) is 20.3 Å². The van der Waals surface area contributed by atoms with E-state index in [0.717, 1.165) is 5.39 Å². The number of pyridine rings is 1. The SMILES string of the molecule is COc1cc(C)c(S(=O)(=O)Nc2cccc3cccnc23)cc1OC. The van der Waals surface area contributed by atoms with E-state index in [2.05, 4.69) is 9.71 Å². The summed E-state index contributed by atoms with van der Waals surface area (Å²) in [6, 6.07) is 12.1. The monoisotopic (exact) mass is 358 g/mol. The number of methoxy groups -OCH3 is 2. The first kappa shape index (κ1) is 17.0. The zero-order valence-corrected chi connectivity index (χ0v) is 14.9. The summed E-state index contributed by atoms with van der Waals surface area (Å²) in [7, 11) is -0.849. The second kappa shape index (κ2) is 6.60. The van der Waals surface area contributed by atoms with Crippen LogP contribution in [-0.4, -0.2) is 27.6 Å². The summed E-state index contributed by atoms with van der Waals surface area (Å²) in [6.07, 6.45) is 1.63. The average molecular weight is 358 g/mol. The van der Waals surface area contributed by atoms with Gasteiger partial charge in [-0.05, 0) is 30.7 Å². The minimum Gasteiger partial charge on any atom is -0.493 e. The summed E-state index contributed by atoms with van der Waals surface area (Å²) in [5.74, 6) is 0.829. The highest BCUT2D eigenvalue weighted by Crippen LogP contribution is 2.33. The van der Waals surface area contributed by atoms with E-state index < -0.39 is 10.0 Å². The third-order valence-corrected chi connectivity index (χ3v) is 5.36. The Bertz CT molecular complexity index is 1030. The zero-order valence-electron chi connectivity index (χ0n) is 14.1. The van der Waals surface area contributed by atoms with Crippen molar-refractivity contribution in [3.8, 4) is 11.5 Å². The van der Waals surface area contributed by atoms with Gasteiger partial charge in [-0.3, -0.25) is 9.71 Å². The second-order valence-corrected chi connectivity index (χ2v) is 7.11. The molecule has 1 aromatic heterocycles. The zero-order chi connectivity index (χ0) is 18.0. The lowest BCUT2D eigenvalue weighted by atomic mass is 10.2. The van der Waals surface area contributed by atoms with Crippen molar-refractivity contribution in [3.63, 3.8) is 0 Å². The molecule has 0 saturated carbocycles. The molecule has 0 radical (unpaired) electrons. The van der Waals surface area contributed by atoms with Gasteiger partial charge in [0.2, 0.25) is 0 Å². The lowest BCUT2D eigenvalue weighted by molar-refractivity contribution is 0.353. The minimum atomic E-state index is -3.82. The molecule has 7 heteroatoms. The Kier molecular flexibility index (Phi) is 4.50. The highest BCUT2D eigenvalue weighted by Gasteiger charge is 2.21. The summed E-state index contributed by atoms with van der Waals surface area (Å²) < 4.78 is 38.8. The molecule has 130 valence electrons. The third kappa shape index (κ3) is 3.23. The van der Waals surface area contributed by atoms with Gasteiger partial charge in [0.15, 0.2) is 11.5 Å². The lowest BCUT2D eigenvalue weighted by Crippen LogP contribution is -2.15. The molecule has 3 rings (SSSR count). The number of nitrogens with zero attached hydrogens (tertiary/aromatic N) is 1. The van der Waals surface area contributed by atoms with E-state index in [1.807, 2.05) is 12.1 Å². The van der Waals surface area contributed by atoms with Crippen molar-refractivity contribution in [2.75, 3.05) is 18.9 Å². The van der Waals surface area contributed by atoms with Gasteiger partial charge >= 0.3 is 0 Å². The number of fused-ring (bicyclic) bond motifs is 1. The number of para-hydroxylation sites is 1. The molecule has 0 fully saturated rings. The molecule has 0 aliphatic rings. The molecular formula is C18H18N2O4S. The Balaban J connectivity index is 2.08. The van der Waals surface area contributed by atoms with Crippen molar-refractivity contribution in [1.82, 2.24) is 4.98 Å². The largest absolute Gasteiger partial charge is 0.493 e. The smallest absolute Gasteiger partial charge is 0.262 e. The van der Waals surface area contributed by atoms with E-state index >= 15 is 0 Å². The van der Waals surface area contributed by atoms with Crippen molar-refractivity contribution in [2.24, 2.45) is 0 Å². The molecule has 1 heterocycles. The maximum Gasteiger partial charge on any atom is 0.262 e. The van der Waals surface area contributed by atoms with Gasteiger partial charge in [-0.15, -0.1) is 0 Å². The Morgan fingerprint density at radius 1 is 1.00 bits per heavy atom. The van der Waals surface area contributed by atoms with Gasteiger partial charge < -0.3 is 9.47 Å². The Labute approximate surface area is 146 Å². The van der Waals surface area contributed by atoms with Crippen LogP contribution in [0.3, 0.4) is 0 Å². The quantitative estimate of drug-likeness (QED) is 0.757. The van der Waals surface area contributed by atoms with E-state index in [4.69, 9.17) is 9.47 Å². The summed E-state index contributed by atoms with van der Waals surface area (Å²) in [5, 5.41) is 0.853. The number of sulfonamides is 1. The van der Waals surface area contributed by atoms with Crippen molar-refractivity contribution >= 4 is 26.6 Å². The number of aromatic nitrogens is 1. The highest BCUT2D eigenvalue weighted by molar-refractivity contribution is 7.92. The van der Waals surface area contributed by atoms with Crippen LogP contribution in [0.1, 0.15) is 5.56 Å². The van der Waals surface area contributed by atoms with Gasteiger partial charge in [-0.1, -0.05) is 18.2 Å². The van der Waals surface area contributed by atoms with Crippen LogP contribution >= 0.6 is 0 Å². The molecule has 0 amide bonds. The molecule has 2 aromatic carbocycles. The summed E-state index contributed by atoms with van der Waals surface area (Å²) in [4.78, 5) is 4.39. The molecular weight excluding hydrogens is 340 g/mol. The van der Waals surface area contributed by atoms with Gasteiger partial charge in [0.05, 0.1) is 30.3 Å². The Morgan fingerprint density at radius 2 is 1.68 bits per heavy atom. The van der Waals surface area contributed by atoms with Crippen LogP contribution < -0.4 is 14.2 Å². The van der Waals surface area contributed by atoms with Crippen LogP contribution in [0.4, 0.5) is 5.69 Å². The molecule has 0 bridgehead atoms. The Hall–Kier alpha value is -2.80. The van der Waals surface area contributed by atoms with Gasteiger partial charge in [-0.25, -0.2) is 8.42 Å². The molecule has 0 spiro atoms. The van der Waals surface area contributed by atoms with Crippen molar-refractivity contribution < 1.29 is 17.9 Å². The summed E-state index contributed by atoms with van der Waals surface area (Å²) >= 11 is 0. The lowest BCUT2D eigenvalue weighted by Gasteiger charge is -2.15. The molecule has 1 N–H and O–H groups in total. The molecule has 0 aliphatic carbocycles. The fraction of sp³-hybridized carbons (Fsp3) is 0.167. The van der Waals surface area contributed by atoms with E-state index in [9.17, 15) is 8.42 Å². The maximum absolute atomic E-state index is 12.9. The number of benzene rings is 2. The molecule has 0 unspecified atom stereocenters. The van der Waals surface area contributed by atoms with Crippen LogP contribution in [0.5, 0.6) is 11.5 Å². The first-order valence-electron chi connectivity index (χ1n) is 7.55. The maximum atomic E-state index is 12.9. The summed E-state index contributed by atoms with van der Waals surface area (Å²) in [6.45, 7) is 1.71. The number of nitrogens with one attached hydrogen (secondary N) is 1. The number of aryl methyl sites for hydroxylation is 1. The van der Waals surface area contributed by atoms with E-state index in [0.29, 0.717) is 28.3 Å². The number of anilines is 1. The molecule has 3 aromatic rings. The van der Waals surface area contributed by atoms with Crippen LogP contribution in [0, 0.1) is 6.92 Å². The Morgan fingerprint density at radius 3 is 2.40 bits per heavy atom. The van der Waals surface area contributed by atoms with Crippen LogP contribution in [0.15, 0.2) is 53.6 Å². The predicted molar refractivity (Wildman–Crippen MR) is 96.8 cm³/mol. The molecule has 0 atom stereocenters. The number of ether oxygens (including phenoxy) is 2. The number of rotatable bonds is 5. The van der Waals surface area contributed by atoms with Gasteiger partial charge in [-0.2, -0.15) is 0 Å². The van der Waals surface area contributed by atoms with Crippen LogP contribution in [0.25, 0.3) is 10.9 Å². The van der Waals surface area contributed by atoms with Crippen molar-refractivity contribution in [1.29, 1.82) is 0 Å². The standard InChI is InChI=1S/C18H18N2O4S/c1-12-10-15(23-2)16(24-3)11-17(12)25(21,22)20-14-8-4-6-13-7-5-9-19-18(13)14/h4-11,20H,1-3H3. The summed E-state index contributed by atoms with van der Waals surface area (Å²) in [5.41, 5.74) is 1.57. The van der Waals surface area contributed by atoms with Crippen molar-refractivity contribution in [2.45, 2.75) is 11.8 Å². The van der Waals surface area contributed by atoms with Crippen molar-refractivity contribution in [3.05, 3.63) is 54.2 Å². The fourth-order valence-electron chi connectivity index (χ4n) is 2.64. The number of hydrogen-bond acceptors (Lipinski definition) is 5. The van der Waals surface area contributed by atoms with Gasteiger partial charge in [0.25, 0.3) is 10.0 Å². The molecule has 0 aliphatic heterocycles. The normalized spacial score (nSPS) is 11.3. The van der Waals surface area contributed by atoms with Gasteiger partial charge in [0, 0.05) is 17.6 Å². The third-order valence-electron chi connectivity index (χ3n) is 3.85. The average Bonchev–Trinajstić information content (AvgIpc) is 2.61. The molecule has 25 heavy (non-hydrogen) atoms. The van der Waals surface area contributed by atoms with Gasteiger partial charge in [0.1, 0.15) is 0 Å². The second-order valence-electron chi connectivity index (χ2n) is 5.46. The molecule has 6 nitrogen and oxygen atoms in total. The molecule has 0 saturated heterocycles. The van der Waals surface area contributed by atoms with E-state index in [1.54, 1.807) is 37.4 Å². The van der Waals surface area contributed by atoms with Crippen LogP contribution in [-0.2, 0) is 10.0 Å². The first-order valence-corrected chi connectivity index (χ1v) is 9.04.